The van der Waals surface area contributed by atoms with Crippen molar-refractivity contribution in [3.8, 4) is 11.5 Å². The minimum Gasteiger partial charge on any atom is -0.497 e. The Morgan fingerprint density at radius 1 is 1.19 bits per heavy atom. The van der Waals surface area contributed by atoms with Crippen molar-refractivity contribution in [1.29, 1.82) is 0 Å². The summed E-state index contributed by atoms with van der Waals surface area (Å²) in [5.41, 5.74) is 2.17. The molecule has 0 aliphatic heterocycles. The lowest BCUT2D eigenvalue weighted by atomic mass is 10.1. The fourth-order valence-corrected chi connectivity index (χ4v) is 2.13. The third-order valence-corrected chi connectivity index (χ3v) is 3.45. The second-order valence-corrected chi connectivity index (χ2v) is 4.92. The van der Waals surface area contributed by atoms with Crippen LogP contribution in [0.4, 0.5) is 0 Å². The van der Waals surface area contributed by atoms with Crippen LogP contribution in [0.25, 0.3) is 0 Å². The molecule has 1 atom stereocenters. The van der Waals surface area contributed by atoms with Crippen LogP contribution < -0.4 is 14.8 Å². The highest BCUT2D eigenvalue weighted by atomic mass is 16.5. The normalized spacial score (nSPS) is 12.2. The second-order valence-electron chi connectivity index (χ2n) is 4.92. The molecule has 0 bridgehead atoms. The number of aryl methyl sites for hydroxylation is 1. The lowest BCUT2D eigenvalue weighted by molar-refractivity contribution is 0.392. The molecule has 1 unspecified atom stereocenters. The minimum absolute atomic E-state index is 0.190. The van der Waals surface area contributed by atoms with Gasteiger partial charge in [-0.25, -0.2) is 0 Å². The number of hydrogen-bond acceptors (Lipinski definition) is 4. The lowest BCUT2D eigenvalue weighted by Crippen LogP contribution is -2.19. The molecule has 0 amide bonds. The van der Waals surface area contributed by atoms with Crippen molar-refractivity contribution >= 4 is 0 Å². The van der Waals surface area contributed by atoms with Gasteiger partial charge in [0.25, 0.3) is 0 Å². The third-order valence-electron chi connectivity index (χ3n) is 3.45. The number of aromatic nitrogens is 2. The van der Waals surface area contributed by atoms with Crippen LogP contribution in [0.5, 0.6) is 11.5 Å². The first kappa shape index (κ1) is 15.4. The maximum Gasteiger partial charge on any atom is 0.122 e. The van der Waals surface area contributed by atoms with Gasteiger partial charge in [-0.2, -0.15) is 5.10 Å². The molecule has 2 rings (SSSR count). The molecule has 1 N–H and O–H groups in total. The molecule has 0 aliphatic carbocycles. The van der Waals surface area contributed by atoms with Crippen molar-refractivity contribution in [3.63, 3.8) is 0 Å². The Labute approximate surface area is 125 Å². The summed E-state index contributed by atoms with van der Waals surface area (Å²) in [6.45, 7) is 5.81. The molecule has 1 aromatic carbocycles. The molecule has 5 nitrogen and oxygen atoms in total. The Hall–Kier alpha value is -2.01. The number of rotatable bonds is 7. The number of nitrogens with zero attached hydrogens (tertiary/aromatic N) is 2. The zero-order valence-electron chi connectivity index (χ0n) is 13.1. The maximum absolute atomic E-state index is 5.28. The van der Waals surface area contributed by atoms with E-state index in [1.807, 2.05) is 35.1 Å². The topological polar surface area (TPSA) is 48.3 Å². The first-order chi connectivity index (χ1) is 10.2. The van der Waals surface area contributed by atoms with Gasteiger partial charge in [-0.05, 0) is 37.6 Å². The highest BCUT2D eigenvalue weighted by Gasteiger charge is 2.09. The van der Waals surface area contributed by atoms with Crippen LogP contribution in [0.1, 0.15) is 31.1 Å². The summed E-state index contributed by atoms with van der Waals surface area (Å²) in [5.74, 6) is 1.60. The molecule has 21 heavy (non-hydrogen) atoms. The molecule has 0 spiro atoms. The van der Waals surface area contributed by atoms with Gasteiger partial charge in [0.05, 0.1) is 19.9 Å². The zero-order valence-corrected chi connectivity index (χ0v) is 13.1. The number of ether oxygens (including phenoxy) is 2. The Morgan fingerprint density at radius 2 is 1.86 bits per heavy atom. The van der Waals surface area contributed by atoms with E-state index in [1.54, 1.807) is 14.2 Å². The predicted octanol–water partition coefficient (Wildman–Crippen LogP) is 2.77. The summed E-state index contributed by atoms with van der Waals surface area (Å²) in [5, 5.41) is 7.98. The van der Waals surface area contributed by atoms with Gasteiger partial charge in [0.2, 0.25) is 0 Å². The fourth-order valence-electron chi connectivity index (χ4n) is 2.13. The molecule has 0 fully saturated rings. The quantitative estimate of drug-likeness (QED) is 0.851. The molecule has 1 aromatic heterocycles. The zero-order chi connectivity index (χ0) is 15.2. The molecule has 0 saturated heterocycles. The third kappa shape index (κ3) is 3.98. The smallest absolute Gasteiger partial charge is 0.122 e. The van der Waals surface area contributed by atoms with Crippen molar-refractivity contribution < 1.29 is 9.47 Å². The molecule has 1 heterocycles. The number of nitrogens with one attached hydrogen (secondary N) is 1. The average Bonchev–Trinajstić information content (AvgIpc) is 3.01. The van der Waals surface area contributed by atoms with Crippen molar-refractivity contribution in [2.75, 3.05) is 14.2 Å². The van der Waals surface area contributed by atoms with Crippen LogP contribution in [-0.4, -0.2) is 24.0 Å². The summed E-state index contributed by atoms with van der Waals surface area (Å²) >= 11 is 0. The van der Waals surface area contributed by atoms with Gasteiger partial charge in [0.15, 0.2) is 0 Å². The average molecular weight is 289 g/mol. The maximum atomic E-state index is 5.28. The highest BCUT2D eigenvalue weighted by Crippen LogP contribution is 2.23. The van der Waals surface area contributed by atoms with Crippen molar-refractivity contribution in [2.45, 2.75) is 33.0 Å². The fraction of sp³-hybridized carbons (Fsp3) is 0.438. The second kappa shape index (κ2) is 7.13. The molecule has 114 valence electrons. The van der Waals surface area contributed by atoms with Gasteiger partial charge in [-0.1, -0.05) is 0 Å². The van der Waals surface area contributed by atoms with E-state index in [-0.39, 0.29) is 6.04 Å². The van der Waals surface area contributed by atoms with Gasteiger partial charge in [0.1, 0.15) is 11.5 Å². The number of benzene rings is 1. The van der Waals surface area contributed by atoms with Crippen LogP contribution >= 0.6 is 0 Å². The molecule has 0 radical (unpaired) electrons. The molecular formula is C16H23N3O2. The summed E-state index contributed by atoms with van der Waals surface area (Å²) in [6, 6.07) is 8.12. The number of hydrogen-bond donors (Lipinski definition) is 1. The molecule has 0 aliphatic rings. The van der Waals surface area contributed by atoms with E-state index < -0.39 is 0 Å². The van der Waals surface area contributed by atoms with Gasteiger partial charge < -0.3 is 14.8 Å². The van der Waals surface area contributed by atoms with Crippen molar-refractivity contribution in [3.05, 3.63) is 41.7 Å². The Balaban J connectivity index is 2.01. The van der Waals surface area contributed by atoms with Crippen molar-refractivity contribution in [2.24, 2.45) is 0 Å². The van der Waals surface area contributed by atoms with Gasteiger partial charge >= 0.3 is 0 Å². The summed E-state index contributed by atoms with van der Waals surface area (Å²) in [4.78, 5) is 0. The summed E-state index contributed by atoms with van der Waals surface area (Å²) in [7, 11) is 3.32. The van der Waals surface area contributed by atoms with Gasteiger partial charge in [0, 0.05) is 31.4 Å². The Bertz CT molecular complexity index is 558. The van der Waals surface area contributed by atoms with Gasteiger partial charge in [-0.3, -0.25) is 4.68 Å². The van der Waals surface area contributed by atoms with E-state index in [2.05, 4.69) is 24.3 Å². The van der Waals surface area contributed by atoms with E-state index in [9.17, 15) is 0 Å². The van der Waals surface area contributed by atoms with E-state index in [0.29, 0.717) is 0 Å². The molecule has 5 heteroatoms. The SMILES string of the molecule is CCn1ccc(C(C)NCc2cc(OC)cc(OC)c2)n1. The van der Waals surface area contributed by atoms with E-state index >= 15 is 0 Å². The standard InChI is InChI=1S/C16H23N3O2/c1-5-19-7-6-16(18-19)12(2)17-11-13-8-14(20-3)10-15(9-13)21-4/h6-10,12,17H,5,11H2,1-4H3. The van der Waals surface area contributed by atoms with Crippen LogP contribution in [0, 0.1) is 0 Å². The van der Waals surface area contributed by atoms with E-state index in [4.69, 9.17) is 9.47 Å². The highest BCUT2D eigenvalue weighted by molar-refractivity contribution is 5.38. The Kier molecular flexibility index (Phi) is 5.22. The largest absolute Gasteiger partial charge is 0.497 e. The first-order valence-electron chi connectivity index (χ1n) is 7.15. The first-order valence-corrected chi connectivity index (χ1v) is 7.15. The summed E-state index contributed by atoms with van der Waals surface area (Å²) < 4.78 is 12.5. The monoisotopic (exact) mass is 289 g/mol. The summed E-state index contributed by atoms with van der Waals surface area (Å²) in [6.07, 6.45) is 2.00. The molecule has 0 saturated carbocycles. The van der Waals surface area contributed by atoms with Crippen LogP contribution in [0.15, 0.2) is 30.5 Å². The lowest BCUT2D eigenvalue weighted by Gasteiger charge is -2.13. The van der Waals surface area contributed by atoms with E-state index in [1.165, 1.54) is 0 Å². The molecule has 2 aromatic rings. The number of methoxy groups -OCH3 is 2. The van der Waals surface area contributed by atoms with Crippen LogP contribution in [0.3, 0.4) is 0 Å². The molecular weight excluding hydrogens is 266 g/mol. The Morgan fingerprint density at radius 3 is 2.38 bits per heavy atom. The van der Waals surface area contributed by atoms with E-state index in [0.717, 1.165) is 35.8 Å². The van der Waals surface area contributed by atoms with Gasteiger partial charge in [-0.15, -0.1) is 0 Å². The van der Waals surface area contributed by atoms with Crippen LogP contribution in [-0.2, 0) is 13.1 Å². The predicted molar refractivity (Wildman–Crippen MR) is 82.7 cm³/mol. The van der Waals surface area contributed by atoms with Crippen LogP contribution in [0.2, 0.25) is 0 Å². The van der Waals surface area contributed by atoms with Crippen molar-refractivity contribution in [1.82, 2.24) is 15.1 Å². The minimum atomic E-state index is 0.190.